The van der Waals surface area contributed by atoms with E-state index >= 15 is 0 Å². The number of phenols is 2. The number of hydrogen-bond acceptors (Lipinski definition) is 4. The van der Waals surface area contributed by atoms with Crippen LogP contribution in [0.1, 0.15) is 24.2 Å². The molecular weight excluding hydrogens is 298 g/mol. The van der Waals surface area contributed by atoms with Crippen molar-refractivity contribution in [2.75, 3.05) is 39.3 Å². The predicted octanol–water partition coefficient (Wildman–Crippen LogP) is 1.32. The molecule has 1 aliphatic rings. The molecule has 1 aliphatic heterocycles. The minimum atomic E-state index is -0.258. The second-order valence-corrected chi connectivity index (χ2v) is 5.47. The van der Waals surface area contributed by atoms with E-state index in [9.17, 15) is 19.8 Å². The highest BCUT2D eigenvalue weighted by molar-refractivity contribution is 5.95. The lowest BCUT2D eigenvalue weighted by Gasteiger charge is -2.37. The Morgan fingerprint density at radius 3 is 1.91 bits per heavy atom. The number of urea groups is 1. The van der Waals surface area contributed by atoms with Crippen LogP contribution in [-0.4, -0.2) is 76.1 Å². The quantitative estimate of drug-likeness (QED) is 0.879. The van der Waals surface area contributed by atoms with E-state index in [2.05, 4.69) is 0 Å². The Kier molecular flexibility index (Phi) is 5.31. The summed E-state index contributed by atoms with van der Waals surface area (Å²) in [5.74, 6) is -0.557. The van der Waals surface area contributed by atoms with Crippen molar-refractivity contribution < 1.29 is 19.8 Å². The first kappa shape index (κ1) is 16.9. The van der Waals surface area contributed by atoms with Crippen LogP contribution in [0.4, 0.5) is 4.79 Å². The maximum absolute atomic E-state index is 12.4. The fourth-order valence-corrected chi connectivity index (χ4v) is 2.70. The Hall–Kier alpha value is -2.44. The number of benzene rings is 1. The third-order valence-electron chi connectivity index (χ3n) is 4.02. The average molecular weight is 321 g/mol. The first-order valence-corrected chi connectivity index (χ1v) is 7.82. The molecule has 0 saturated carbocycles. The monoisotopic (exact) mass is 321 g/mol. The van der Waals surface area contributed by atoms with Gasteiger partial charge in [0.05, 0.1) is 0 Å². The van der Waals surface area contributed by atoms with Gasteiger partial charge in [0, 0.05) is 50.9 Å². The summed E-state index contributed by atoms with van der Waals surface area (Å²) in [6.45, 7) is 7.03. The number of hydrogen-bond donors (Lipinski definition) is 2. The summed E-state index contributed by atoms with van der Waals surface area (Å²) >= 11 is 0. The van der Waals surface area contributed by atoms with Gasteiger partial charge in [-0.25, -0.2) is 4.79 Å². The molecular formula is C16H23N3O4. The minimum absolute atomic E-state index is 0.00269. The van der Waals surface area contributed by atoms with Crippen molar-refractivity contribution in [3.05, 3.63) is 23.8 Å². The second-order valence-electron chi connectivity index (χ2n) is 5.47. The fraction of sp³-hybridized carbons (Fsp3) is 0.500. The van der Waals surface area contributed by atoms with Crippen LogP contribution < -0.4 is 0 Å². The number of carbonyl (C=O) groups excluding carboxylic acids is 2. The van der Waals surface area contributed by atoms with Crippen LogP contribution >= 0.6 is 0 Å². The molecule has 7 heteroatoms. The van der Waals surface area contributed by atoms with Crippen molar-refractivity contribution in [2.45, 2.75) is 13.8 Å². The van der Waals surface area contributed by atoms with Gasteiger partial charge in [-0.3, -0.25) is 4.79 Å². The molecule has 2 N–H and O–H groups in total. The van der Waals surface area contributed by atoms with Gasteiger partial charge >= 0.3 is 6.03 Å². The van der Waals surface area contributed by atoms with Gasteiger partial charge < -0.3 is 24.9 Å². The summed E-state index contributed by atoms with van der Waals surface area (Å²) in [6.07, 6.45) is 0. The molecule has 3 amide bonds. The Morgan fingerprint density at radius 1 is 0.957 bits per heavy atom. The molecule has 0 unspecified atom stereocenters. The number of amides is 3. The number of rotatable bonds is 3. The van der Waals surface area contributed by atoms with Crippen LogP contribution in [0, 0.1) is 0 Å². The van der Waals surface area contributed by atoms with E-state index in [1.165, 1.54) is 18.2 Å². The number of nitrogens with zero attached hydrogens (tertiary/aromatic N) is 3. The molecule has 0 atom stereocenters. The van der Waals surface area contributed by atoms with E-state index in [1.807, 2.05) is 13.8 Å². The normalized spacial score (nSPS) is 14.7. The molecule has 126 valence electrons. The molecule has 7 nitrogen and oxygen atoms in total. The van der Waals surface area contributed by atoms with E-state index in [-0.39, 0.29) is 29.0 Å². The maximum atomic E-state index is 12.4. The van der Waals surface area contributed by atoms with Crippen LogP contribution in [0.3, 0.4) is 0 Å². The molecule has 0 aliphatic carbocycles. The van der Waals surface area contributed by atoms with Crippen molar-refractivity contribution in [1.29, 1.82) is 0 Å². The highest BCUT2D eigenvalue weighted by Gasteiger charge is 2.27. The molecule has 0 radical (unpaired) electrons. The van der Waals surface area contributed by atoms with Crippen LogP contribution in [0.25, 0.3) is 0 Å². The first-order valence-electron chi connectivity index (χ1n) is 7.82. The highest BCUT2D eigenvalue weighted by Crippen LogP contribution is 2.22. The van der Waals surface area contributed by atoms with Crippen molar-refractivity contribution in [2.24, 2.45) is 0 Å². The highest BCUT2D eigenvalue weighted by atomic mass is 16.3. The first-order chi connectivity index (χ1) is 11.0. The topological polar surface area (TPSA) is 84.3 Å². The molecule has 1 aromatic carbocycles. The smallest absolute Gasteiger partial charge is 0.320 e. The average Bonchev–Trinajstić information content (AvgIpc) is 2.54. The van der Waals surface area contributed by atoms with Crippen molar-refractivity contribution in [3.63, 3.8) is 0 Å². The van der Waals surface area contributed by atoms with Crippen LogP contribution in [-0.2, 0) is 0 Å². The third-order valence-corrected chi connectivity index (χ3v) is 4.02. The van der Waals surface area contributed by atoms with Gasteiger partial charge in [-0.2, -0.15) is 0 Å². The SMILES string of the molecule is CCN(CC)C(=O)N1CCN(C(=O)c2cc(O)cc(O)c2)CC1. The maximum Gasteiger partial charge on any atom is 0.320 e. The fourth-order valence-electron chi connectivity index (χ4n) is 2.70. The molecule has 1 fully saturated rings. The lowest BCUT2D eigenvalue weighted by molar-refractivity contribution is 0.0641. The summed E-state index contributed by atoms with van der Waals surface area (Å²) in [5, 5.41) is 19.0. The molecule has 2 rings (SSSR count). The van der Waals surface area contributed by atoms with Gasteiger partial charge in [-0.1, -0.05) is 0 Å². The largest absolute Gasteiger partial charge is 0.508 e. The van der Waals surface area contributed by atoms with Crippen molar-refractivity contribution in [3.8, 4) is 11.5 Å². The summed E-state index contributed by atoms with van der Waals surface area (Å²) in [4.78, 5) is 29.8. The number of phenolic OH excluding ortho intramolecular Hbond substituents is 2. The van der Waals surface area contributed by atoms with Gasteiger partial charge in [-0.05, 0) is 26.0 Å². The molecule has 23 heavy (non-hydrogen) atoms. The zero-order valence-corrected chi connectivity index (χ0v) is 13.5. The van der Waals surface area contributed by atoms with Gasteiger partial charge in [0.2, 0.25) is 0 Å². The minimum Gasteiger partial charge on any atom is -0.508 e. The molecule has 0 spiro atoms. The number of piperazine rings is 1. The Bertz CT molecular complexity index is 558. The molecule has 1 heterocycles. The number of carbonyl (C=O) groups is 2. The summed E-state index contributed by atoms with van der Waals surface area (Å²) in [6, 6.07) is 3.83. The van der Waals surface area contributed by atoms with Crippen LogP contribution in [0.15, 0.2) is 18.2 Å². The van der Waals surface area contributed by atoms with Crippen molar-refractivity contribution in [1.82, 2.24) is 14.7 Å². The van der Waals surface area contributed by atoms with E-state index < -0.39 is 0 Å². The van der Waals surface area contributed by atoms with Crippen molar-refractivity contribution >= 4 is 11.9 Å². The zero-order valence-electron chi connectivity index (χ0n) is 13.5. The standard InChI is InChI=1S/C16H23N3O4/c1-3-17(4-2)16(23)19-7-5-18(6-8-19)15(22)12-9-13(20)11-14(21)10-12/h9-11,20-21H,3-8H2,1-2H3. The van der Waals surface area contributed by atoms with Gasteiger partial charge in [0.1, 0.15) is 11.5 Å². The summed E-state index contributed by atoms with van der Waals surface area (Å²) in [7, 11) is 0. The number of aromatic hydroxyl groups is 2. The van der Waals surface area contributed by atoms with Gasteiger partial charge in [0.15, 0.2) is 0 Å². The summed E-state index contributed by atoms with van der Waals surface area (Å²) in [5.41, 5.74) is 0.242. The van der Waals surface area contributed by atoms with E-state index in [1.54, 1.807) is 14.7 Å². The van der Waals surface area contributed by atoms with E-state index in [0.29, 0.717) is 39.3 Å². The van der Waals surface area contributed by atoms with Gasteiger partial charge in [-0.15, -0.1) is 0 Å². The van der Waals surface area contributed by atoms with Gasteiger partial charge in [0.25, 0.3) is 5.91 Å². The molecule has 0 bridgehead atoms. The predicted molar refractivity (Wildman–Crippen MR) is 85.6 cm³/mol. The molecule has 1 aromatic rings. The lowest BCUT2D eigenvalue weighted by atomic mass is 10.1. The Labute approximate surface area is 135 Å². The molecule has 0 aromatic heterocycles. The Balaban J connectivity index is 1.98. The zero-order chi connectivity index (χ0) is 17.0. The second kappa shape index (κ2) is 7.21. The Morgan fingerprint density at radius 2 is 1.43 bits per heavy atom. The van der Waals surface area contributed by atoms with E-state index in [0.717, 1.165) is 0 Å². The molecule has 1 saturated heterocycles. The van der Waals surface area contributed by atoms with Crippen LogP contribution in [0.5, 0.6) is 11.5 Å². The third kappa shape index (κ3) is 3.85. The van der Waals surface area contributed by atoms with Crippen LogP contribution in [0.2, 0.25) is 0 Å². The lowest BCUT2D eigenvalue weighted by Crippen LogP contribution is -2.54. The summed E-state index contributed by atoms with van der Waals surface area (Å²) < 4.78 is 0. The van der Waals surface area contributed by atoms with E-state index in [4.69, 9.17) is 0 Å².